The molecule has 7 heteroatoms. The second-order valence-corrected chi connectivity index (χ2v) is 6.31. The fraction of sp³-hybridized carbons (Fsp3) is 0.417. The Hall–Kier alpha value is -1.76. The molecule has 0 spiro atoms. The smallest absolute Gasteiger partial charge is 0.259 e. The highest BCUT2D eigenvalue weighted by molar-refractivity contribution is 7.92. The molecule has 0 unspecified atom stereocenters. The molecule has 0 aliphatic heterocycles. The standard InChI is InChI=1S/C12H18N2O4S/c1-13(2)12(15)9-18-11-7-5-10(6-8-11)14(3)19(4,16)17/h5-8H,9H2,1-4H3. The molecule has 1 aromatic carbocycles. The van der Waals surface area contributed by atoms with Crippen LogP contribution in [0.5, 0.6) is 5.75 Å². The molecular weight excluding hydrogens is 268 g/mol. The molecule has 1 rings (SSSR count). The molecule has 0 atom stereocenters. The molecule has 0 bridgehead atoms. The lowest BCUT2D eigenvalue weighted by Gasteiger charge is -2.17. The number of sulfonamides is 1. The molecule has 6 nitrogen and oxygen atoms in total. The molecule has 0 N–H and O–H groups in total. The number of rotatable bonds is 5. The maximum absolute atomic E-state index is 11.4. The molecule has 0 aliphatic rings. The lowest BCUT2D eigenvalue weighted by atomic mass is 10.3. The van der Waals surface area contributed by atoms with Crippen molar-refractivity contribution < 1.29 is 17.9 Å². The van der Waals surface area contributed by atoms with Gasteiger partial charge in [0, 0.05) is 21.1 Å². The van der Waals surface area contributed by atoms with Gasteiger partial charge in [-0.15, -0.1) is 0 Å². The van der Waals surface area contributed by atoms with E-state index in [4.69, 9.17) is 4.74 Å². The van der Waals surface area contributed by atoms with Gasteiger partial charge >= 0.3 is 0 Å². The third-order valence-electron chi connectivity index (χ3n) is 2.56. The number of carbonyl (C=O) groups excluding carboxylic acids is 1. The van der Waals surface area contributed by atoms with Crippen LogP contribution in [0.1, 0.15) is 0 Å². The number of benzene rings is 1. The SMILES string of the molecule is CN(C)C(=O)COc1ccc(N(C)S(C)(=O)=O)cc1. The molecule has 1 aromatic rings. The molecular formula is C12H18N2O4S. The summed E-state index contributed by atoms with van der Waals surface area (Å²) in [5.74, 6) is 0.373. The Morgan fingerprint density at radius 3 is 2.11 bits per heavy atom. The first kappa shape index (κ1) is 15.3. The maximum atomic E-state index is 11.4. The minimum absolute atomic E-state index is 0.0474. The number of carbonyl (C=O) groups is 1. The van der Waals surface area contributed by atoms with Crippen molar-refractivity contribution in [2.75, 3.05) is 38.3 Å². The van der Waals surface area contributed by atoms with Crippen molar-refractivity contribution in [3.05, 3.63) is 24.3 Å². The Morgan fingerprint density at radius 2 is 1.68 bits per heavy atom. The fourth-order valence-corrected chi connectivity index (χ4v) is 1.72. The number of anilines is 1. The number of ether oxygens (including phenoxy) is 1. The molecule has 106 valence electrons. The average Bonchev–Trinajstić information content (AvgIpc) is 2.34. The summed E-state index contributed by atoms with van der Waals surface area (Å²) in [5.41, 5.74) is 0.536. The highest BCUT2D eigenvalue weighted by Crippen LogP contribution is 2.20. The first-order chi connectivity index (χ1) is 8.71. The van der Waals surface area contributed by atoms with Crippen LogP contribution in [-0.4, -0.2) is 53.2 Å². The van der Waals surface area contributed by atoms with Crippen LogP contribution in [0.25, 0.3) is 0 Å². The van der Waals surface area contributed by atoms with Gasteiger partial charge in [-0.1, -0.05) is 0 Å². The van der Waals surface area contributed by atoms with E-state index in [0.717, 1.165) is 6.26 Å². The molecule has 0 saturated heterocycles. The third kappa shape index (κ3) is 4.44. The van der Waals surface area contributed by atoms with E-state index < -0.39 is 10.0 Å². The summed E-state index contributed by atoms with van der Waals surface area (Å²) >= 11 is 0. The molecule has 1 amide bonds. The Balaban J connectivity index is 2.70. The molecule has 0 radical (unpaired) electrons. The monoisotopic (exact) mass is 286 g/mol. The Kier molecular flexibility index (Phi) is 4.77. The number of hydrogen-bond donors (Lipinski definition) is 0. The number of nitrogens with zero attached hydrogens (tertiary/aromatic N) is 2. The molecule has 0 aliphatic carbocycles. The van der Waals surface area contributed by atoms with E-state index in [9.17, 15) is 13.2 Å². The van der Waals surface area contributed by atoms with Crippen molar-refractivity contribution in [2.24, 2.45) is 0 Å². The van der Waals surface area contributed by atoms with Crippen LogP contribution in [-0.2, 0) is 14.8 Å². The molecule has 0 fully saturated rings. The van der Waals surface area contributed by atoms with Crippen LogP contribution in [0.15, 0.2) is 24.3 Å². The van der Waals surface area contributed by atoms with E-state index in [-0.39, 0.29) is 12.5 Å². The van der Waals surface area contributed by atoms with Crippen molar-refractivity contribution in [1.29, 1.82) is 0 Å². The fourth-order valence-electron chi connectivity index (χ4n) is 1.22. The van der Waals surface area contributed by atoms with E-state index in [2.05, 4.69) is 0 Å². The number of likely N-dealkylation sites (N-methyl/N-ethyl adjacent to an activating group) is 1. The summed E-state index contributed by atoms with van der Waals surface area (Å²) in [7, 11) is 1.50. The molecule has 0 saturated carbocycles. The lowest BCUT2D eigenvalue weighted by molar-refractivity contribution is -0.130. The summed E-state index contributed by atoms with van der Waals surface area (Å²) < 4.78 is 29.2. The maximum Gasteiger partial charge on any atom is 0.259 e. The summed E-state index contributed by atoms with van der Waals surface area (Å²) in [4.78, 5) is 12.8. The van der Waals surface area contributed by atoms with E-state index in [1.54, 1.807) is 38.4 Å². The first-order valence-corrected chi connectivity index (χ1v) is 7.43. The van der Waals surface area contributed by atoms with Crippen LogP contribution in [0.3, 0.4) is 0 Å². The summed E-state index contributed by atoms with van der Waals surface area (Å²) in [5, 5.41) is 0. The molecule has 0 aromatic heterocycles. The van der Waals surface area contributed by atoms with Gasteiger partial charge in [0.25, 0.3) is 5.91 Å². The molecule has 0 heterocycles. The zero-order valence-corrected chi connectivity index (χ0v) is 12.3. The normalized spacial score (nSPS) is 10.9. The van der Waals surface area contributed by atoms with Gasteiger partial charge in [-0.3, -0.25) is 9.10 Å². The summed E-state index contributed by atoms with van der Waals surface area (Å²) in [6, 6.07) is 6.49. The van der Waals surface area contributed by atoms with Gasteiger partial charge in [0.1, 0.15) is 5.75 Å². The quantitative estimate of drug-likeness (QED) is 0.793. The van der Waals surface area contributed by atoms with Gasteiger partial charge in [0.2, 0.25) is 10.0 Å². The van der Waals surface area contributed by atoms with Gasteiger partial charge in [0.15, 0.2) is 6.61 Å². The highest BCUT2D eigenvalue weighted by Gasteiger charge is 2.11. The average molecular weight is 286 g/mol. The number of amides is 1. The van der Waals surface area contributed by atoms with Crippen LogP contribution in [0.2, 0.25) is 0 Å². The minimum atomic E-state index is -3.27. The first-order valence-electron chi connectivity index (χ1n) is 5.58. The highest BCUT2D eigenvalue weighted by atomic mass is 32.2. The second kappa shape index (κ2) is 5.92. The second-order valence-electron chi connectivity index (χ2n) is 4.30. The van der Waals surface area contributed by atoms with Crippen molar-refractivity contribution in [2.45, 2.75) is 0 Å². The van der Waals surface area contributed by atoms with Crippen molar-refractivity contribution >= 4 is 21.6 Å². The van der Waals surface area contributed by atoms with Gasteiger partial charge < -0.3 is 9.64 Å². The Bertz CT molecular complexity index is 537. The van der Waals surface area contributed by atoms with Crippen molar-refractivity contribution in [3.8, 4) is 5.75 Å². The Labute approximate surface area is 113 Å². The van der Waals surface area contributed by atoms with E-state index in [1.165, 1.54) is 16.3 Å². The topological polar surface area (TPSA) is 66.9 Å². The van der Waals surface area contributed by atoms with Crippen molar-refractivity contribution in [1.82, 2.24) is 4.90 Å². The summed E-state index contributed by atoms with van der Waals surface area (Å²) in [6.07, 6.45) is 1.13. The lowest BCUT2D eigenvalue weighted by Crippen LogP contribution is -2.27. The minimum Gasteiger partial charge on any atom is -0.484 e. The van der Waals surface area contributed by atoms with Gasteiger partial charge in [-0.25, -0.2) is 8.42 Å². The van der Waals surface area contributed by atoms with Crippen LogP contribution in [0, 0.1) is 0 Å². The third-order valence-corrected chi connectivity index (χ3v) is 3.76. The van der Waals surface area contributed by atoms with Crippen LogP contribution >= 0.6 is 0 Å². The Morgan fingerprint density at radius 1 is 1.16 bits per heavy atom. The molecule has 19 heavy (non-hydrogen) atoms. The van der Waals surface area contributed by atoms with E-state index in [0.29, 0.717) is 11.4 Å². The van der Waals surface area contributed by atoms with E-state index in [1.807, 2.05) is 0 Å². The van der Waals surface area contributed by atoms with Gasteiger partial charge in [-0.05, 0) is 24.3 Å². The zero-order chi connectivity index (χ0) is 14.6. The van der Waals surface area contributed by atoms with Gasteiger partial charge in [0.05, 0.1) is 11.9 Å². The zero-order valence-electron chi connectivity index (χ0n) is 11.5. The summed E-state index contributed by atoms with van der Waals surface area (Å²) in [6.45, 7) is -0.0474. The van der Waals surface area contributed by atoms with Crippen LogP contribution in [0.4, 0.5) is 5.69 Å². The van der Waals surface area contributed by atoms with Crippen molar-refractivity contribution in [3.63, 3.8) is 0 Å². The largest absolute Gasteiger partial charge is 0.484 e. The van der Waals surface area contributed by atoms with Crippen LogP contribution < -0.4 is 9.04 Å². The predicted molar refractivity (Wildman–Crippen MR) is 73.9 cm³/mol. The number of hydrogen-bond acceptors (Lipinski definition) is 4. The predicted octanol–water partition coefficient (Wildman–Crippen LogP) is 0.549. The van der Waals surface area contributed by atoms with Gasteiger partial charge in [-0.2, -0.15) is 0 Å². The van der Waals surface area contributed by atoms with E-state index >= 15 is 0 Å².